The Hall–Kier alpha value is -4.56. The number of rotatable bonds is 5. The second-order valence-corrected chi connectivity index (χ2v) is 8.52. The Morgan fingerprint density at radius 3 is 2.41 bits per heavy atom. The van der Waals surface area contributed by atoms with Crippen molar-refractivity contribution in [2.45, 2.75) is 0 Å². The van der Waals surface area contributed by atoms with Gasteiger partial charge in [0, 0.05) is 11.8 Å². The third-order valence-electron chi connectivity index (χ3n) is 5.23. The molecule has 0 aliphatic heterocycles. The molecule has 0 spiro atoms. The molecule has 0 unspecified atom stereocenters. The number of benzene rings is 2. The fourth-order valence-corrected chi connectivity index (χ4v) is 4.51. The molecule has 0 radical (unpaired) electrons. The van der Waals surface area contributed by atoms with Crippen LogP contribution in [0, 0.1) is 0 Å². The summed E-state index contributed by atoms with van der Waals surface area (Å²) in [7, 11) is 0. The summed E-state index contributed by atoms with van der Waals surface area (Å²) < 4.78 is 9.23. The minimum atomic E-state index is -0.218. The third-order valence-corrected chi connectivity index (χ3v) is 6.19. The van der Waals surface area contributed by atoms with E-state index >= 15 is 0 Å². The summed E-state index contributed by atoms with van der Waals surface area (Å²) in [6.45, 7) is 0. The second-order valence-electron chi connectivity index (χ2n) is 7.51. The number of furan rings is 1. The first-order valence-electron chi connectivity index (χ1n) is 10.6. The predicted molar refractivity (Wildman–Crippen MR) is 133 cm³/mol. The number of hydrogen-bond donors (Lipinski definition) is 0. The lowest BCUT2D eigenvalue weighted by Crippen LogP contribution is -2.23. The van der Waals surface area contributed by atoms with Crippen molar-refractivity contribution >= 4 is 34.5 Å². The van der Waals surface area contributed by atoms with Gasteiger partial charge >= 0.3 is 0 Å². The molecule has 34 heavy (non-hydrogen) atoms. The SMILES string of the molecule is O=c1/c(=C/c2cn(-c3ccccc3)nc2-c2ccco2)sc2nc(/C=C/c3ccccc3)nn12. The lowest BCUT2D eigenvalue weighted by atomic mass is 10.2. The van der Waals surface area contributed by atoms with Gasteiger partial charge in [-0.25, -0.2) is 4.68 Å². The van der Waals surface area contributed by atoms with Crippen LogP contribution >= 0.6 is 11.3 Å². The van der Waals surface area contributed by atoms with Gasteiger partial charge < -0.3 is 4.42 Å². The van der Waals surface area contributed by atoms with Gasteiger partial charge in [-0.05, 0) is 42.0 Å². The van der Waals surface area contributed by atoms with Crippen molar-refractivity contribution in [1.82, 2.24) is 24.4 Å². The highest BCUT2D eigenvalue weighted by Gasteiger charge is 2.15. The minimum absolute atomic E-state index is 0.218. The largest absolute Gasteiger partial charge is 0.463 e. The number of aromatic nitrogens is 5. The molecule has 0 atom stereocenters. The Balaban J connectivity index is 1.41. The zero-order chi connectivity index (χ0) is 22.9. The van der Waals surface area contributed by atoms with Crippen LogP contribution in [0.5, 0.6) is 0 Å². The van der Waals surface area contributed by atoms with Crippen LogP contribution in [0.3, 0.4) is 0 Å². The van der Waals surface area contributed by atoms with Gasteiger partial charge in [0.15, 0.2) is 11.6 Å². The number of para-hydroxylation sites is 1. The number of nitrogens with zero attached hydrogens (tertiary/aromatic N) is 5. The predicted octanol–water partition coefficient (Wildman–Crippen LogP) is 4.31. The molecule has 7 nitrogen and oxygen atoms in total. The van der Waals surface area contributed by atoms with E-state index in [0.29, 0.717) is 26.8 Å². The smallest absolute Gasteiger partial charge is 0.291 e. The Bertz CT molecular complexity index is 1710. The number of hydrogen-bond acceptors (Lipinski definition) is 6. The van der Waals surface area contributed by atoms with E-state index in [2.05, 4.69) is 10.1 Å². The minimum Gasteiger partial charge on any atom is -0.463 e. The average molecular weight is 464 g/mol. The van der Waals surface area contributed by atoms with E-state index in [-0.39, 0.29) is 5.56 Å². The van der Waals surface area contributed by atoms with Gasteiger partial charge in [-0.3, -0.25) is 4.79 Å². The molecular weight excluding hydrogens is 446 g/mol. The maximum atomic E-state index is 13.1. The van der Waals surface area contributed by atoms with Gasteiger partial charge in [-0.1, -0.05) is 65.9 Å². The second kappa shape index (κ2) is 8.42. The van der Waals surface area contributed by atoms with Crippen LogP contribution in [-0.4, -0.2) is 24.4 Å². The topological polar surface area (TPSA) is 78.2 Å². The first kappa shape index (κ1) is 20.1. The van der Waals surface area contributed by atoms with E-state index in [0.717, 1.165) is 16.8 Å². The number of fused-ring (bicyclic) bond motifs is 1. The highest BCUT2D eigenvalue weighted by molar-refractivity contribution is 7.15. The molecule has 2 aromatic carbocycles. The van der Waals surface area contributed by atoms with E-state index in [1.807, 2.05) is 91.1 Å². The Kier molecular flexibility index (Phi) is 4.97. The fraction of sp³-hybridized carbons (Fsp3) is 0. The van der Waals surface area contributed by atoms with Crippen molar-refractivity contribution in [3.8, 4) is 17.1 Å². The molecule has 8 heteroatoms. The van der Waals surface area contributed by atoms with E-state index in [4.69, 9.17) is 9.52 Å². The highest BCUT2D eigenvalue weighted by atomic mass is 32.1. The van der Waals surface area contributed by atoms with Crippen molar-refractivity contribution < 1.29 is 4.42 Å². The summed E-state index contributed by atoms with van der Waals surface area (Å²) in [6, 6.07) is 23.3. The van der Waals surface area contributed by atoms with E-state index < -0.39 is 0 Å². The quantitative estimate of drug-likeness (QED) is 0.381. The molecule has 0 fully saturated rings. The summed E-state index contributed by atoms with van der Waals surface area (Å²) in [5.74, 6) is 1.12. The molecule has 0 aliphatic rings. The van der Waals surface area contributed by atoms with Gasteiger partial charge in [0.2, 0.25) is 4.96 Å². The van der Waals surface area contributed by atoms with Crippen LogP contribution < -0.4 is 10.1 Å². The van der Waals surface area contributed by atoms with E-state index in [1.165, 1.54) is 15.9 Å². The first-order valence-corrected chi connectivity index (χ1v) is 11.4. The fourth-order valence-electron chi connectivity index (χ4n) is 3.61. The van der Waals surface area contributed by atoms with Crippen molar-refractivity contribution in [2.75, 3.05) is 0 Å². The summed E-state index contributed by atoms with van der Waals surface area (Å²) >= 11 is 1.29. The van der Waals surface area contributed by atoms with Crippen LogP contribution in [-0.2, 0) is 0 Å². The van der Waals surface area contributed by atoms with Gasteiger partial charge in [0.05, 0.1) is 16.5 Å². The van der Waals surface area contributed by atoms with Crippen LogP contribution in [0.15, 0.2) is 94.5 Å². The normalized spacial score (nSPS) is 12.3. The summed E-state index contributed by atoms with van der Waals surface area (Å²) in [4.78, 5) is 18.1. The first-order chi connectivity index (χ1) is 16.7. The van der Waals surface area contributed by atoms with Gasteiger partial charge in [-0.15, -0.1) is 5.10 Å². The lowest BCUT2D eigenvalue weighted by Gasteiger charge is -1.98. The molecule has 6 aromatic rings. The van der Waals surface area contributed by atoms with E-state index in [9.17, 15) is 4.79 Å². The maximum Gasteiger partial charge on any atom is 0.291 e. The molecule has 0 N–H and O–H groups in total. The van der Waals surface area contributed by atoms with Gasteiger partial charge in [-0.2, -0.15) is 14.6 Å². The summed E-state index contributed by atoms with van der Waals surface area (Å²) in [6.07, 6.45) is 9.03. The standard InChI is InChI=1S/C26H17N5O2S/c32-25-22(34-26-27-23(28-31(25)26)14-13-18-8-3-1-4-9-18)16-19-17-30(20-10-5-2-6-11-20)29-24(19)21-12-7-15-33-21/h1-17H/b14-13+,22-16-. The molecule has 6 rings (SSSR count). The number of thiazole rings is 1. The van der Waals surface area contributed by atoms with Crippen LogP contribution in [0.4, 0.5) is 0 Å². The van der Waals surface area contributed by atoms with Crippen molar-refractivity contribution in [2.24, 2.45) is 0 Å². The van der Waals surface area contributed by atoms with Gasteiger partial charge in [0.25, 0.3) is 5.56 Å². The van der Waals surface area contributed by atoms with E-state index in [1.54, 1.807) is 17.0 Å². The Labute approximate surface area is 197 Å². The Morgan fingerprint density at radius 2 is 1.68 bits per heavy atom. The molecule has 164 valence electrons. The molecule has 0 amide bonds. The molecule has 0 saturated heterocycles. The summed E-state index contributed by atoms with van der Waals surface area (Å²) in [5, 5.41) is 9.08. The zero-order valence-electron chi connectivity index (χ0n) is 17.8. The zero-order valence-corrected chi connectivity index (χ0v) is 18.6. The lowest BCUT2D eigenvalue weighted by molar-refractivity contribution is 0.579. The molecular formula is C26H17N5O2S. The third kappa shape index (κ3) is 3.76. The van der Waals surface area contributed by atoms with Crippen molar-refractivity contribution in [1.29, 1.82) is 0 Å². The Morgan fingerprint density at radius 1 is 0.882 bits per heavy atom. The van der Waals surface area contributed by atoms with Crippen LogP contribution in [0.1, 0.15) is 17.0 Å². The highest BCUT2D eigenvalue weighted by Crippen LogP contribution is 2.24. The molecule has 0 saturated carbocycles. The van der Waals surface area contributed by atoms with Crippen LogP contribution in [0.25, 0.3) is 40.3 Å². The van der Waals surface area contributed by atoms with Crippen molar-refractivity contribution in [3.05, 3.63) is 117 Å². The molecule has 4 aromatic heterocycles. The van der Waals surface area contributed by atoms with Crippen molar-refractivity contribution in [3.63, 3.8) is 0 Å². The maximum absolute atomic E-state index is 13.1. The molecule has 4 heterocycles. The van der Waals surface area contributed by atoms with Gasteiger partial charge in [0.1, 0.15) is 5.69 Å². The monoisotopic (exact) mass is 463 g/mol. The molecule has 0 aliphatic carbocycles. The summed E-state index contributed by atoms with van der Waals surface area (Å²) in [5.41, 5.74) is 3.15. The van der Waals surface area contributed by atoms with Crippen LogP contribution in [0.2, 0.25) is 0 Å². The molecule has 0 bridgehead atoms. The average Bonchev–Trinajstić information content (AvgIpc) is 3.66.